The Hall–Kier alpha value is -2.76. The van der Waals surface area contributed by atoms with E-state index in [9.17, 15) is 0 Å². The van der Waals surface area contributed by atoms with Crippen molar-refractivity contribution in [2.45, 2.75) is 71.6 Å². The maximum absolute atomic E-state index is 8.85. The first-order valence-corrected chi connectivity index (χ1v) is 13.4. The highest BCUT2D eigenvalue weighted by Gasteiger charge is 2.16. The van der Waals surface area contributed by atoms with Crippen molar-refractivity contribution in [3.05, 3.63) is 53.4 Å². The molecule has 5 nitrogen and oxygen atoms in total. The molecular weight excluding hydrogens is 434 g/mol. The summed E-state index contributed by atoms with van der Waals surface area (Å²) in [5.74, 6) is 0.785. The van der Waals surface area contributed by atoms with Crippen LogP contribution in [0.4, 0.5) is 5.69 Å². The third-order valence-corrected chi connectivity index (χ3v) is 6.80. The number of hydrogen-bond donors (Lipinski definition) is 2. The quantitative estimate of drug-likeness (QED) is 0.108. The minimum Gasteiger partial charge on any atom is -0.452 e. The van der Waals surface area contributed by atoms with E-state index in [2.05, 4.69) is 60.6 Å². The predicted octanol–water partition coefficient (Wildman–Crippen LogP) is 6.01. The van der Waals surface area contributed by atoms with Crippen LogP contribution in [-0.2, 0) is 0 Å². The first-order chi connectivity index (χ1) is 17.2. The van der Waals surface area contributed by atoms with Gasteiger partial charge in [-0.3, -0.25) is 4.99 Å². The van der Waals surface area contributed by atoms with E-state index in [0.29, 0.717) is 6.61 Å². The molecule has 0 fully saturated rings. The van der Waals surface area contributed by atoms with Gasteiger partial charge in [-0.05, 0) is 50.8 Å². The van der Waals surface area contributed by atoms with E-state index in [-0.39, 0.29) is 0 Å². The molecule has 1 heterocycles. The molecule has 3 N–H and O–H groups in total. The molecular formula is C30H40N3O2+. The zero-order valence-corrected chi connectivity index (χ0v) is 21.4. The van der Waals surface area contributed by atoms with Crippen LogP contribution in [-0.4, -0.2) is 29.8 Å². The maximum atomic E-state index is 8.85. The average molecular weight is 475 g/mol. The third kappa shape index (κ3) is 6.47. The zero-order valence-electron chi connectivity index (χ0n) is 21.4. The molecule has 4 rings (SSSR count). The third-order valence-electron chi connectivity index (χ3n) is 6.80. The molecule has 0 bridgehead atoms. The lowest BCUT2D eigenvalue weighted by Crippen LogP contribution is -2.78. The average Bonchev–Trinajstić information content (AvgIpc) is 2.87. The second-order valence-electron chi connectivity index (χ2n) is 9.55. The zero-order chi connectivity index (χ0) is 24.5. The molecule has 186 valence electrons. The number of aromatic nitrogens is 1. The Kier molecular flexibility index (Phi) is 9.27. The summed E-state index contributed by atoms with van der Waals surface area (Å²) in [6.07, 6.45) is 11.1. The number of quaternary nitrogens is 1. The van der Waals surface area contributed by atoms with Crippen LogP contribution in [0.5, 0.6) is 0 Å². The van der Waals surface area contributed by atoms with Crippen molar-refractivity contribution in [2.24, 2.45) is 4.99 Å². The van der Waals surface area contributed by atoms with Crippen LogP contribution in [0.3, 0.4) is 0 Å². The van der Waals surface area contributed by atoms with Crippen molar-refractivity contribution < 1.29 is 14.8 Å². The number of fused-ring (bicyclic) bond motifs is 4. The van der Waals surface area contributed by atoms with Crippen LogP contribution < -0.4 is 10.7 Å². The van der Waals surface area contributed by atoms with E-state index in [1.54, 1.807) is 0 Å². The maximum Gasteiger partial charge on any atom is 0.159 e. The van der Waals surface area contributed by atoms with Crippen molar-refractivity contribution in [1.82, 2.24) is 4.98 Å². The Morgan fingerprint density at radius 1 is 0.886 bits per heavy atom. The molecule has 0 unspecified atom stereocenters. The number of hydrogen-bond acceptors (Lipinski definition) is 4. The Bertz CT molecular complexity index is 1280. The van der Waals surface area contributed by atoms with Gasteiger partial charge in [0.1, 0.15) is 16.9 Å². The molecule has 0 saturated carbocycles. The van der Waals surface area contributed by atoms with Gasteiger partial charge in [0.15, 0.2) is 11.3 Å². The summed E-state index contributed by atoms with van der Waals surface area (Å²) in [4.78, 5) is 9.60. The van der Waals surface area contributed by atoms with Gasteiger partial charge >= 0.3 is 0 Å². The van der Waals surface area contributed by atoms with E-state index in [0.717, 1.165) is 64.8 Å². The number of nitrogens with zero attached hydrogens (tertiary/aromatic N) is 2. The highest BCUT2D eigenvalue weighted by molar-refractivity contribution is 6.08. The van der Waals surface area contributed by atoms with Gasteiger partial charge < -0.3 is 14.8 Å². The molecule has 1 aliphatic carbocycles. The second-order valence-corrected chi connectivity index (χ2v) is 9.55. The van der Waals surface area contributed by atoms with Crippen molar-refractivity contribution in [3.63, 3.8) is 0 Å². The standard InChI is InChI=1S/C30H39N3O2/c1-3-31-25-20-28-27(19-22(25)2)33-30-24-16-12-11-15-23(24)26(21-29(30)35-28)32-17-13-9-7-5-4-6-8-10-14-18-34/h11-12,15-16,19-21,32,34H,3-10,13-14,17-18H2,1-2H3/p+1. The fourth-order valence-corrected chi connectivity index (χ4v) is 4.89. The predicted molar refractivity (Wildman–Crippen MR) is 144 cm³/mol. The Balaban J connectivity index is 1.45. The molecule has 0 saturated heterocycles. The Labute approximate surface area is 208 Å². The SMILES string of the molecule is CCN=c1cc2oc3cc([NH2+]CCCCCCCCCCCO)c4ccccc4c3nc-2cc1C. The molecule has 1 aliphatic heterocycles. The minimum absolute atomic E-state index is 0.333. The Morgan fingerprint density at radius 3 is 2.29 bits per heavy atom. The van der Waals surface area contributed by atoms with Crippen LogP contribution in [0.2, 0.25) is 0 Å². The first kappa shape index (κ1) is 25.3. The van der Waals surface area contributed by atoms with Gasteiger partial charge in [0, 0.05) is 36.1 Å². The Morgan fingerprint density at radius 2 is 1.57 bits per heavy atom. The molecule has 5 heteroatoms. The summed E-state index contributed by atoms with van der Waals surface area (Å²) in [5, 5.41) is 14.6. The van der Waals surface area contributed by atoms with Crippen molar-refractivity contribution in [1.29, 1.82) is 0 Å². The van der Waals surface area contributed by atoms with Crippen LogP contribution in [0.25, 0.3) is 33.3 Å². The van der Waals surface area contributed by atoms with Gasteiger partial charge in [0.25, 0.3) is 0 Å². The lowest BCUT2D eigenvalue weighted by Gasteiger charge is -2.12. The van der Waals surface area contributed by atoms with E-state index >= 15 is 0 Å². The van der Waals surface area contributed by atoms with Crippen molar-refractivity contribution in [3.8, 4) is 11.5 Å². The van der Waals surface area contributed by atoms with Gasteiger partial charge in [-0.2, -0.15) is 0 Å². The van der Waals surface area contributed by atoms with E-state index in [1.807, 2.05) is 6.07 Å². The van der Waals surface area contributed by atoms with Crippen LogP contribution in [0.15, 0.2) is 51.9 Å². The molecule has 35 heavy (non-hydrogen) atoms. The monoisotopic (exact) mass is 474 g/mol. The molecule has 0 atom stereocenters. The smallest absolute Gasteiger partial charge is 0.159 e. The van der Waals surface area contributed by atoms with Crippen LogP contribution in [0, 0.1) is 6.92 Å². The fraction of sp³-hybridized carbons (Fsp3) is 0.467. The van der Waals surface area contributed by atoms with Crippen LogP contribution in [0.1, 0.15) is 70.3 Å². The van der Waals surface area contributed by atoms with Gasteiger partial charge in [0.05, 0.1) is 11.9 Å². The van der Waals surface area contributed by atoms with E-state index in [4.69, 9.17) is 14.5 Å². The first-order valence-electron chi connectivity index (χ1n) is 13.4. The summed E-state index contributed by atoms with van der Waals surface area (Å²) in [5.41, 5.74) is 4.98. The summed E-state index contributed by atoms with van der Waals surface area (Å²) >= 11 is 0. The molecule has 0 amide bonds. The number of aryl methyl sites for hydroxylation is 1. The lowest BCUT2D eigenvalue weighted by molar-refractivity contribution is -0.570. The molecule has 0 aromatic heterocycles. The summed E-state index contributed by atoms with van der Waals surface area (Å²) < 4.78 is 6.39. The van der Waals surface area contributed by atoms with Crippen LogP contribution >= 0.6 is 0 Å². The molecule has 0 spiro atoms. The number of benzene rings is 3. The number of rotatable bonds is 13. The summed E-state index contributed by atoms with van der Waals surface area (Å²) in [6.45, 7) is 6.29. The number of aliphatic hydroxyl groups is 1. The molecule has 0 radical (unpaired) electrons. The topological polar surface area (TPSA) is 75.2 Å². The normalized spacial score (nSPS) is 12.4. The molecule has 2 aromatic carbocycles. The van der Waals surface area contributed by atoms with Gasteiger partial charge in [0.2, 0.25) is 0 Å². The molecule has 2 aromatic rings. The lowest BCUT2D eigenvalue weighted by atomic mass is 10.1. The summed E-state index contributed by atoms with van der Waals surface area (Å²) in [7, 11) is 0. The molecule has 2 aliphatic rings. The van der Waals surface area contributed by atoms with Crippen molar-refractivity contribution >= 4 is 27.6 Å². The number of unbranched alkanes of at least 4 members (excludes halogenated alkanes) is 8. The van der Waals surface area contributed by atoms with Gasteiger partial charge in [-0.15, -0.1) is 0 Å². The second kappa shape index (κ2) is 12.8. The van der Waals surface area contributed by atoms with E-state index in [1.165, 1.54) is 56.0 Å². The van der Waals surface area contributed by atoms with Crippen molar-refractivity contribution in [2.75, 3.05) is 19.7 Å². The van der Waals surface area contributed by atoms with Gasteiger partial charge in [-0.25, -0.2) is 4.98 Å². The largest absolute Gasteiger partial charge is 0.452 e. The highest BCUT2D eigenvalue weighted by Crippen LogP contribution is 2.32. The number of aliphatic hydroxyl groups excluding tert-OH is 1. The highest BCUT2D eigenvalue weighted by atomic mass is 16.3. The summed E-state index contributed by atoms with van der Waals surface area (Å²) in [6, 6.07) is 14.8. The minimum atomic E-state index is 0.333. The van der Waals surface area contributed by atoms with Gasteiger partial charge in [-0.1, -0.05) is 56.7 Å². The fourth-order valence-electron chi connectivity index (χ4n) is 4.89. The van der Waals surface area contributed by atoms with E-state index < -0.39 is 0 Å². The number of nitrogens with two attached hydrogens (primary N) is 1.